The van der Waals surface area contributed by atoms with E-state index in [-0.39, 0.29) is 11.8 Å². The molecule has 2 fully saturated rings. The third-order valence-corrected chi connectivity index (χ3v) is 5.64. The SMILES string of the molecule is CC1CCCN(C(=O)c2nc(C(=O)N3CCN(C=O)CC3)c3ccccn23)C1. The van der Waals surface area contributed by atoms with Gasteiger partial charge >= 0.3 is 0 Å². The van der Waals surface area contributed by atoms with Gasteiger partial charge in [0.15, 0.2) is 5.69 Å². The molecule has 0 aliphatic carbocycles. The Hall–Kier alpha value is -2.90. The number of hydrogen-bond acceptors (Lipinski definition) is 4. The second-order valence-corrected chi connectivity index (χ2v) is 7.67. The lowest BCUT2D eigenvalue weighted by molar-refractivity contribution is -0.119. The van der Waals surface area contributed by atoms with Crippen LogP contribution in [0.3, 0.4) is 0 Å². The van der Waals surface area contributed by atoms with Crippen molar-refractivity contribution in [2.45, 2.75) is 19.8 Å². The monoisotopic (exact) mass is 383 g/mol. The van der Waals surface area contributed by atoms with Crippen LogP contribution < -0.4 is 0 Å². The van der Waals surface area contributed by atoms with Crippen molar-refractivity contribution in [3.8, 4) is 0 Å². The van der Waals surface area contributed by atoms with Gasteiger partial charge in [0.1, 0.15) is 0 Å². The van der Waals surface area contributed by atoms with E-state index in [0.717, 1.165) is 32.3 Å². The second-order valence-electron chi connectivity index (χ2n) is 7.67. The number of amides is 3. The number of pyridine rings is 1. The summed E-state index contributed by atoms with van der Waals surface area (Å²) in [6, 6.07) is 5.49. The van der Waals surface area contributed by atoms with Gasteiger partial charge in [-0.2, -0.15) is 0 Å². The van der Waals surface area contributed by atoms with Gasteiger partial charge in [0, 0.05) is 45.5 Å². The average Bonchev–Trinajstić information content (AvgIpc) is 3.12. The van der Waals surface area contributed by atoms with Crippen molar-refractivity contribution in [1.82, 2.24) is 24.1 Å². The van der Waals surface area contributed by atoms with Crippen molar-refractivity contribution in [3.05, 3.63) is 35.9 Å². The Bertz CT molecular complexity index is 900. The van der Waals surface area contributed by atoms with Gasteiger partial charge in [0.2, 0.25) is 12.2 Å². The van der Waals surface area contributed by atoms with Crippen LogP contribution in [0.2, 0.25) is 0 Å². The van der Waals surface area contributed by atoms with Crippen molar-refractivity contribution in [3.63, 3.8) is 0 Å². The molecular weight excluding hydrogens is 358 g/mol. The minimum absolute atomic E-state index is 0.127. The maximum atomic E-state index is 13.1. The molecule has 8 nitrogen and oxygen atoms in total. The molecule has 4 heterocycles. The molecule has 1 unspecified atom stereocenters. The normalized spacial score (nSPS) is 20.5. The van der Waals surface area contributed by atoms with E-state index >= 15 is 0 Å². The first kappa shape index (κ1) is 18.5. The van der Waals surface area contributed by atoms with E-state index in [2.05, 4.69) is 11.9 Å². The van der Waals surface area contributed by atoms with Crippen LogP contribution in [0, 0.1) is 5.92 Å². The third-order valence-electron chi connectivity index (χ3n) is 5.64. The van der Waals surface area contributed by atoms with Crippen molar-refractivity contribution < 1.29 is 14.4 Å². The molecular formula is C20H25N5O3. The first-order valence-corrected chi connectivity index (χ1v) is 9.83. The van der Waals surface area contributed by atoms with Crippen LogP contribution in [0.4, 0.5) is 0 Å². The number of imidazole rings is 1. The molecule has 0 spiro atoms. The van der Waals surface area contributed by atoms with Crippen LogP contribution in [0.25, 0.3) is 5.52 Å². The number of rotatable bonds is 3. The van der Waals surface area contributed by atoms with Crippen LogP contribution in [0.5, 0.6) is 0 Å². The number of fused-ring (bicyclic) bond motifs is 1. The highest BCUT2D eigenvalue weighted by molar-refractivity contribution is 6.02. The number of carbonyl (C=O) groups is 3. The van der Waals surface area contributed by atoms with Gasteiger partial charge in [-0.15, -0.1) is 0 Å². The van der Waals surface area contributed by atoms with Crippen molar-refractivity contribution in [2.75, 3.05) is 39.3 Å². The van der Waals surface area contributed by atoms with E-state index in [1.54, 1.807) is 20.4 Å². The highest BCUT2D eigenvalue weighted by atomic mass is 16.2. The highest BCUT2D eigenvalue weighted by Crippen LogP contribution is 2.21. The van der Waals surface area contributed by atoms with E-state index < -0.39 is 0 Å². The average molecular weight is 383 g/mol. The summed E-state index contributed by atoms with van der Waals surface area (Å²) < 4.78 is 1.72. The van der Waals surface area contributed by atoms with Gasteiger partial charge in [0.05, 0.1) is 5.52 Å². The van der Waals surface area contributed by atoms with Gasteiger partial charge in [-0.25, -0.2) is 4.98 Å². The zero-order chi connectivity index (χ0) is 19.7. The van der Waals surface area contributed by atoms with Gasteiger partial charge < -0.3 is 14.7 Å². The van der Waals surface area contributed by atoms with Crippen molar-refractivity contribution in [1.29, 1.82) is 0 Å². The zero-order valence-corrected chi connectivity index (χ0v) is 16.1. The van der Waals surface area contributed by atoms with E-state index in [0.29, 0.717) is 49.1 Å². The molecule has 0 N–H and O–H groups in total. The molecule has 2 aliphatic heterocycles. The lowest BCUT2D eigenvalue weighted by Crippen LogP contribution is -2.48. The number of piperazine rings is 1. The molecule has 4 rings (SSSR count). The molecule has 0 bridgehead atoms. The molecule has 0 aromatic carbocycles. The lowest BCUT2D eigenvalue weighted by Gasteiger charge is -2.32. The first-order valence-electron chi connectivity index (χ1n) is 9.83. The summed E-state index contributed by atoms with van der Waals surface area (Å²) in [5.74, 6) is 0.441. The molecule has 2 saturated heterocycles. The van der Waals surface area contributed by atoms with Crippen molar-refractivity contribution in [2.24, 2.45) is 5.92 Å². The van der Waals surface area contributed by atoms with E-state index in [1.807, 2.05) is 23.1 Å². The lowest BCUT2D eigenvalue weighted by atomic mass is 10.0. The molecule has 28 heavy (non-hydrogen) atoms. The number of carbonyl (C=O) groups excluding carboxylic acids is 3. The molecule has 0 saturated carbocycles. The second kappa shape index (κ2) is 7.61. The standard InChI is InChI=1S/C20H25N5O3/c1-15-5-4-7-24(13-15)20(28)18-21-17(16-6-2-3-8-25(16)18)19(27)23-11-9-22(14-26)10-12-23/h2-3,6,8,14-15H,4-5,7,9-13H2,1H3. The Balaban J connectivity index is 1.64. The number of likely N-dealkylation sites (tertiary alicyclic amines) is 1. The zero-order valence-electron chi connectivity index (χ0n) is 16.1. The topological polar surface area (TPSA) is 78.2 Å². The van der Waals surface area contributed by atoms with E-state index in [4.69, 9.17) is 0 Å². The minimum Gasteiger partial charge on any atom is -0.342 e. The molecule has 3 amide bonds. The van der Waals surface area contributed by atoms with E-state index in [1.165, 1.54) is 0 Å². The number of piperidine rings is 1. The summed E-state index contributed by atoms with van der Waals surface area (Å²) in [4.78, 5) is 46.8. The minimum atomic E-state index is -0.194. The Morgan fingerprint density at radius 3 is 2.57 bits per heavy atom. The highest BCUT2D eigenvalue weighted by Gasteiger charge is 2.30. The summed E-state index contributed by atoms with van der Waals surface area (Å²) in [5, 5.41) is 0. The molecule has 2 aliphatic rings. The summed E-state index contributed by atoms with van der Waals surface area (Å²) in [7, 11) is 0. The fourth-order valence-electron chi connectivity index (χ4n) is 4.04. The van der Waals surface area contributed by atoms with Crippen LogP contribution >= 0.6 is 0 Å². The van der Waals surface area contributed by atoms with Gasteiger partial charge in [-0.3, -0.25) is 18.8 Å². The molecule has 2 aromatic rings. The molecule has 2 aromatic heterocycles. The van der Waals surface area contributed by atoms with Crippen molar-refractivity contribution >= 4 is 23.7 Å². The first-order chi connectivity index (χ1) is 13.6. The quantitative estimate of drug-likeness (QED) is 0.744. The van der Waals surface area contributed by atoms with E-state index in [9.17, 15) is 14.4 Å². The molecule has 0 radical (unpaired) electrons. The predicted octanol–water partition coefficient (Wildman–Crippen LogP) is 1.12. The third kappa shape index (κ3) is 3.34. The fourth-order valence-corrected chi connectivity index (χ4v) is 4.04. The Morgan fingerprint density at radius 2 is 1.86 bits per heavy atom. The number of hydrogen-bond donors (Lipinski definition) is 0. The summed E-state index contributed by atoms with van der Waals surface area (Å²) in [5.41, 5.74) is 0.937. The fraction of sp³-hybridized carbons (Fsp3) is 0.500. The molecule has 8 heteroatoms. The molecule has 148 valence electrons. The summed E-state index contributed by atoms with van der Waals surface area (Å²) >= 11 is 0. The molecule has 1 atom stereocenters. The Kier molecular flexibility index (Phi) is 5.02. The maximum Gasteiger partial charge on any atom is 0.290 e. The van der Waals surface area contributed by atoms with Crippen LogP contribution in [0.1, 0.15) is 40.9 Å². The van der Waals surface area contributed by atoms with Crippen LogP contribution in [-0.2, 0) is 4.79 Å². The van der Waals surface area contributed by atoms with Gasteiger partial charge in [-0.1, -0.05) is 13.0 Å². The van der Waals surface area contributed by atoms with Crippen LogP contribution in [-0.4, -0.2) is 81.6 Å². The van der Waals surface area contributed by atoms with Gasteiger partial charge in [-0.05, 0) is 30.9 Å². The van der Waals surface area contributed by atoms with Gasteiger partial charge in [0.25, 0.3) is 11.8 Å². The Labute approximate surface area is 163 Å². The summed E-state index contributed by atoms with van der Waals surface area (Å²) in [6.07, 6.45) is 4.71. The summed E-state index contributed by atoms with van der Waals surface area (Å²) in [6.45, 7) is 5.56. The largest absolute Gasteiger partial charge is 0.342 e. The Morgan fingerprint density at radius 1 is 1.07 bits per heavy atom. The number of nitrogens with zero attached hydrogens (tertiary/aromatic N) is 5. The predicted molar refractivity (Wildman–Crippen MR) is 103 cm³/mol. The number of aromatic nitrogens is 2. The smallest absolute Gasteiger partial charge is 0.290 e. The van der Waals surface area contributed by atoms with Crippen LogP contribution in [0.15, 0.2) is 24.4 Å². The maximum absolute atomic E-state index is 13.1.